The quantitative estimate of drug-likeness (QED) is 0.174. The summed E-state index contributed by atoms with van der Waals surface area (Å²) in [4.78, 5) is 17.1. The Morgan fingerprint density at radius 2 is 0.735 bits per heavy atom. The molecule has 0 saturated heterocycles. The maximum Gasteiger partial charge on any atom is 0.411 e. The Kier molecular flexibility index (Phi) is 6.67. The van der Waals surface area contributed by atoms with Crippen LogP contribution in [0.2, 0.25) is 0 Å². The lowest BCUT2D eigenvalue weighted by Gasteiger charge is -2.12. The standard InChI is InChI=1S/C43H28N6/c1-44-42-43(45-2)47-37(29-21-25-31(26-22-29)49-40-17-9-5-13-34(40)35-14-6-10-18-41(35)49)27-36(46-42)28-19-23-30(24-20-28)48-38-15-7-3-11-32(38)33-12-4-8-16-39(33)48/h3-26,42-43H,27H2. The average molecular weight is 629 g/mol. The van der Waals surface area contributed by atoms with Crippen molar-refractivity contribution in [3.63, 3.8) is 0 Å². The van der Waals surface area contributed by atoms with E-state index in [9.17, 15) is 0 Å². The fourth-order valence-corrected chi connectivity index (χ4v) is 7.25. The molecule has 0 radical (unpaired) electrons. The Hall–Kier alpha value is -6.76. The highest BCUT2D eigenvalue weighted by Gasteiger charge is 2.35. The second-order valence-corrected chi connectivity index (χ2v) is 12.2. The molecule has 6 heteroatoms. The molecule has 0 saturated carbocycles. The van der Waals surface area contributed by atoms with Crippen LogP contribution in [-0.4, -0.2) is 32.9 Å². The van der Waals surface area contributed by atoms with Crippen molar-refractivity contribution in [3.8, 4) is 11.4 Å². The molecule has 2 unspecified atom stereocenters. The minimum absolute atomic E-state index is 0.418. The molecule has 0 amide bonds. The van der Waals surface area contributed by atoms with Gasteiger partial charge >= 0.3 is 12.3 Å². The van der Waals surface area contributed by atoms with Crippen LogP contribution in [0.15, 0.2) is 156 Å². The first-order valence-corrected chi connectivity index (χ1v) is 16.3. The number of rotatable bonds is 4. The Bertz CT molecular complexity index is 2420. The van der Waals surface area contributed by atoms with E-state index in [4.69, 9.17) is 23.1 Å². The van der Waals surface area contributed by atoms with Crippen molar-refractivity contribution in [1.29, 1.82) is 0 Å². The number of benzene rings is 6. The van der Waals surface area contributed by atoms with E-state index in [1.807, 2.05) is 0 Å². The number of fused-ring (bicyclic) bond motifs is 6. The highest BCUT2D eigenvalue weighted by atomic mass is 15.1. The Morgan fingerprint density at radius 1 is 0.429 bits per heavy atom. The lowest BCUT2D eigenvalue weighted by molar-refractivity contribution is 0.707. The fraction of sp³-hybridized carbons (Fsp3) is 0.0698. The van der Waals surface area contributed by atoms with Gasteiger partial charge < -0.3 is 9.13 Å². The van der Waals surface area contributed by atoms with Crippen molar-refractivity contribution in [2.24, 2.45) is 9.98 Å². The summed E-state index contributed by atoms with van der Waals surface area (Å²) < 4.78 is 4.57. The summed E-state index contributed by atoms with van der Waals surface area (Å²) in [5, 5.41) is 4.85. The van der Waals surface area contributed by atoms with Crippen LogP contribution in [-0.2, 0) is 0 Å². The van der Waals surface area contributed by atoms with Gasteiger partial charge in [-0.05, 0) is 59.7 Å². The molecule has 6 nitrogen and oxygen atoms in total. The fourth-order valence-electron chi connectivity index (χ4n) is 7.25. The number of hydrogen-bond donors (Lipinski definition) is 0. The summed E-state index contributed by atoms with van der Waals surface area (Å²) >= 11 is 0. The second kappa shape index (κ2) is 11.5. The molecule has 230 valence electrons. The van der Waals surface area contributed by atoms with Gasteiger partial charge in [-0.15, -0.1) is 0 Å². The van der Waals surface area contributed by atoms with Crippen LogP contribution in [0.4, 0.5) is 0 Å². The van der Waals surface area contributed by atoms with E-state index >= 15 is 0 Å². The first-order chi connectivity index (χ1) is 24.2. The summed E-state index contributed by atoms with van der Waals surface area (Å²) in [6.07, 6.45) is -1.39. The molecule has 0 fully saturated rings. The third-order valence-corrected chi connectivity index (χ3v) is 9.52. The van der Waals surface area contributed by atoms with Crippen LogP contribution in [0.3, 0.4) is 0 Å². The van der Waals surface area contributed by atoms with Crippen LogP contribution < -0.4 is 0 Å². The molecular weight excluding hydrogens is 601 g/mol. The van der Waals surface area contributed by atoms with Crippen molar-refractivity contribution in [2.75, 3.05) is 0 Å². The molecule has 0 spiro atoms. The van der Waals surface area contributed by atoms with Gasteiger partial charge in [0.05, 0.1) is 33.5 Å². The summed E-state index contributed by atoms with van der Waals surface area (Å²) in [7, 11) is 0. The number of aromatic nitrogens is 2. The van der Waals surface area contributed by atoms with E-state index in [0.29, 0.717) is 6.42 Å². The summed E-state index contributed by atoms with van der Waals surface area (Å²) in [5.41, 5.74) is 10.0. The molecule has 2 atom stereocenters. The molecule has 49 heavy (non-hydrogen) atoms. The van der Waals surface area contributed by atoms with Crippen molar-refractivity contribution < 1.29 is 0 Å². The number of hydrogen-bond acceptors (Lipinski definition) is 2. The molecule has 0 aliphatic carbocycles. The van der Waals surface area contributed by atoms with Crippen LogP contribution in [0.1, 0.15) is 17.5 Å². The van der Waals surface area contributed by atoms with E-state index in [1.54, 1.807) is 0 Å². The monoisotopic (exact) mass is 628 g/mol. The van der Waals surface area contributed by atoms with Crippen molar-refractivity contribution in [3.05, 3.63) is 180 Å². The topological polar surface area (TPSA) is 43.3 Å². The molecule has 6 aromatic carbocycles. The Morgan fingerprint density at radius 3 is 1.04 bits per heavy atom. The van der Waals surface area contributed by atoms with E-state index in [1.165, 1.54) is 21.5 Å². The van der Waals surface area contributed by atoms with E-state index < -0.39 is 12.3 Å². The van der Waals surface area contributed by atoms with Gasteiger partial charge in [0.25, 0.3) is 0 Å². The zero-order valence-electron chi connectivity index (χ0n) is 26.4. The molecule has 8 aromatic rings. The minimum atomic E-state index is -0.904. The van der Waals surface area contributed by atoms with Crippen molar-refractivity contribution in [1.82, 2.24) is 9.13 Å². The third-order valence-electron chi connectivity index (χ3n) is 9.52. The lowest BCUT2D eigenvalue weighted by atomic mass is 9.99. The SMILES string of the molecule is [C-]#[N+]C1N=C(c2ccc(-n3c4ccccc4c4ccccc43)cc2)CC(c2ccc(-n3c4ccccc4c4ccccc43)cc2)=NC1[N+]#[C-]. The maximum atomic E-state index is 7.87. The largest absolute Gasteiger partial charge is 0.411 e. The molecular formula is C43H28N6. The average Bonchev–Trinajstić information content (AvgIpc) is 3.60. The van der Waals surface area contributed by atoms with Gasteiger partial charge in [0.15, 0.2) is 0 Å². The minimum Gasteiger partial charge on any atom is -0.309 e. The second-order valence-electron chi connectivity index (χ2n) is 12.2. The van der Waals surface area contributed by atoms with E-state index in [2.05, 4.69) is 164 Å². The van der Waals surface area contributed by atoms with Gasteiger partial charge in [-0.3, -0.25) is 9.69 Å². The van der Waals surface area contributed by atoms with Crippen molar-refractivity contribution >= 4 is 55.0 Å². The third kappa shape index (κ3) is 4.62. The first-order valence-electron chi connectivity index (χ1n) is 16.3. The predicted octanol–water partition coefficient (Wildman–Crippen LogP) is 10.1. The van der Waals surface area contributed by atoms with E-state index in [0.717, 1.165) is 56.0 Å². The molecule has 1 aliphatic heterocycles. The van der Waals surface area contributed by atoms with Gasteiger partial charge in [0, 0.05) is 39.3 Å². The van der Waals surface area contributed by atoms with Crippen LogP contribution in [0, 0.1) is 13.1 Å². The summed E-state index contributed by atoms with van der Waals surface area (Å²) in [6.45, 7) is 15.7. The van der Waals surface area contributed by atoms with Gasteiger partial charge in [0.1, 0.15) is 0 Å². The Balaban J connectivity index is 1.09. The Labute approximate surface area is 283 Å². The van der Waals surface area contributed by atoms with Gasteiger partial charge in [-0.2, -0.15) is 9.98 Å². The highest BCUT2D eigenvalue weighted by molar-refractivity contribution is 6.18. The van der Waals surface area contributed by atoms with Crippen LogP contribution >= 0.6 is 0 Å². The first kappa shape index (κ1) is 28.5. The zero-order valence-corrected chi connectivity index (χ0v) is 26.4. The van der Waals surface area contributed by atoms with Crippen molar-refractivity contribution in [2.45, 2.75) is 18.8 Å². The lowest BCUT2D eigenvalue weighted by Crippen LogP contribution is -2.16. The zero-order chi connectivity index (χ0) is 32.9. The van der Waals surface area contributed by atoms with Crippen LogP contribution in [0.5, 0.6) is 0 Å². The van der Waals surface area contributed by atoms with Gasteiger partial charge in [-0.25, -0.2) is 13.1 Å². The maximum absolute atomic E-state index is 7.87. The van der Waals surface area contributed by atoms with Gasteiger partial charge in [-0.1, -0.05) is 97.1 Å². The molecule has 0 N–H and O–H groups in total. The van der Waals surface area contributed by atoms with Gasteiger partial charge in [0.2, 0.25) is 0 Å². The molecule has 9 rings (SSSR count). The molecule has 2 aromatic heterocycles. The number of aliphatic imine (C=N–C) groups is 2. The smallest absolute Gasteiger partial charge is 0.309 e. The number of nitrogens with zero attached hydrogens (tertiary/aromatic N) is 6. The highest BCUT2D eigenvalue weighted by Crippen LogP contribution is 2.34. The molecule has 3 heterocycles. The van der Waals surface area contributed by atoms with E-state index in [-0.39, 0.29) is 0 Å². The normalized spacial score (nSPS) is 16.3. The molecule has 0 bridgehead atoms. The predicted molar refractivity (Wildman–Crippen MR) is 200 cm³/mol. The van der Waals surface area contributed by atoms with Crippen LogP contribution in [0.25, 0.3) is 64.7 Å². The summed E-state index contributed by atoms with van der Waals surface area (Å²) in [5.74, 6) is 0. The summed E-state index contributed by atoms with van der Waals surface area (Å²) in [6, 6.07) is 50.6. The number of para-hydroxylation sites is 4. The molecule has 1 aliphatic rings.